The molecule has 4 aliphatic carbocycles. The van der Waals surface area contributed by atoms with Gasteiger partial charge in [0.2, 0.25) is 0 Å². The van der Waals surface area contributed by atoms with Gasteiger partial charge in [-0.1, -0.05) is 6.08 Å². The molecule has 0 amide bonds. The Balaban J connectivity index is 0.000000853. The first-order chi connectivity index (χ1) is 6.72. The van der Waals surface area contributed by atoms with E-state index in [1.54, 1.807) is 0 Å². The summed E-state index contributed by atoms with van der Waals surface area (Å²) in [7, 11) is 0. The van der Waals surface area contributed by atoms with Crippen molar-refractivity contribution in [2.75, 3.05) is 0 Å². The molecule has 4 saturated carbocycles. The Morgan fingerprint density at radius 2 is 1.53 bits per heavy atom. The maximum absolute atomic E-state index is 10.7. The van der Waals surface area contributed by atoms with Crippen molar-refractivity contribution in [3.8, 4) is 0 Å². The van der Waals surface area contributed by atoms with Gasteiger partial charge in [-0.05, 0) is 62.2 Å². The Bertz CT molecular complexity index is 233. The summed E-state index contributed by atoms with van der Waals surface area (Å²) in [5.41, 5.74) is -0.366. The average Bonchev–Trinajstić information content (AvgIpc) is 2.14. The van der Waals surface area contributed by atoms with Crippen LogP contribution in [0.2, 0.25) is 0 Å². The van der Waals surface area contributed by atoms with Crippen LogP contribution in [0.3, 0.4) is 0 Å². The summed E-state index contributed by atoms with van der Waals surface area (Å²) in [6.07, 6.45) is 9.35. The Kier molecular flexibility index (Phi) is 3.10. The zero-order chi connectivity index (χ0) is 9.76. The van der Waals surface area contributed by atoms with E-state index in [1.807, 2.05) is 6.08 Å². The van der Waals surface area contributed by atoms with E-state index in [9.17, 15) is 5.11 Å². The Labute approximate surface area is 105 Å². The van der Waals surface area contributed by atoms with Gasteiger partial charge in [0.05, 0.1) is 5.60 Å². The van der Waals surface area contributed by atoms with Gasteiger partial charge >= 0.3 is 18.9 Å². The van der Waals surface area contributed by atoms with E-state index in [4.69, 9.17) is 0 Å². The molecular formula is C13H21LiO. The fraction of sp³-hybridized carbons (Fsp3) is 0.846. The Hall–Kier alpha value is 0.297. The molecule has 80 valence electrons. The summed E-state index contributed by atoms with van der Waals surface area (Å²) in [4.78, 5) is 0. The second-order valence-corrected chi connectivity index (χ2v) is 5.79. The zero-order valence-corrected chi connectivity index (χ0v) is 8.78. The van der Waals surface area contributed by atoms with Crippen LogP contribution in [0.25, 0.3) is 0 Å². The molecular weight excluding hydrogens is 179 g/mol. The van der Waals surface area contributed by atoms with Crippen molar-refractivity contribution >= 4 is 18.9 Å². The number of aliphatic hydroxyl groups is 1. The number of hydrogen-bond donors (Lipinski definition) is 1. The summed E-state index contributed by atoms with van der Waals surface area (Å²) < 4.78 is 0. The molecule has 0 aromatic carbocycles. The van der Waals surface area contributed by atoms with Crippen molar-refractivity contribution in [1.82, 2.24) is 0 Å². The van der Waals surface area contributed by atoms with Gasteiger partial charge in [-0.3, -0.25) is 0 Å². The second-order valence-electron chi connectivity index (χ2n) is 5.79. The van der Waals surface area contributed by atoms with Crippen LogP contribution in [0.1, 0.15) is 38.5 Å². The normalized spacial score (nSPS) is 51.3. The molecule has 0 unspecified atom stereocenters. The van der Waals surface area contributed by atoms with E-state index < -0.39 is 0 Å². The van der Waals surface area contributed by atoms with E-state index in [0.29, 0.717) is 11.8 Å². The van der Waals surface area contributed by atoms with Crippen molar-refractivity contribution < 1.29 is 5.11 Å². The van der Waals surface area contributed by atoms with Crippen LogP contribution in [0.5, 0.6) is 0 Å². The minimum atomic E-state index is -0.366. The molecule has 0 aromatic heterocycles. The Morgan fingerprint density at radius 3 is 1.93 bits per heavy atom. The van der Waals surface area contributed by atoms with Crippen LogP contribution in [0.15, 0.2) is 12.7 Å². The van der Waals surface area contributed by atoms with Crippen LogP contribution in [-0.4, -0.2) is 29.6 Å². The molecule has 4 bridgehead atoms. The standard InChI is InChI=1S/C13H20O.Li.H/c1-2-3-13(14)11-5-9-4-10(7-11)8-12(13)6-9;;/h2,9-12,14H,1,3-8H2;;. The van der Waals surface area contributed by atoms with Crippen LogP contribution >= 0.6 is 0 Å². The third kappa shape index (κ3) is 1.64. The number of rotatable bonds is 2. The van der Waals surface area contributed by atoms with Crippen LogP contribution in [0, 0.1) is 23.7 Å². The molecule has 4 rings (SSSR count). The van der Waals surface area contributed by atoms with E-state index >= 15 is 0 Å². The van der Waals surface area contributed by atoms with Gasteiger partial charge in [-0.15, -0.1) is 6.58 Å². The topological polar surface area (TPSA) is 20.2 Å². The monoisotopic (exact) mass is 200 g/mol. The Morgan fingerprint density at radius 1 is 1.07 bits per heavy atom. The zero-order valence-electron chi connectivity index (χ0n) is 8.78. The van der Waals surface area contributed by atoms with Gasteiger partial charge < -0.3 is 5.11 Å². The fourth-order valence-electron chi connectivity index (χ4n) is 4.56. The summed E-state index contributed by atoms with van der Waals surface area (Å²) in [6, 6.07) is 0. The SMILES string of the molecule is C=CCC1(O)C2CC3CC(C2)CC1C3.[LiH]. The fourth-order valence-corrected chi connectivity index (χ4v) is 4.56. The van der Waals surface area contributed by atoms with Gasteiger partial charge in [0.15, 0.2) is 0 Å². The molecule has 0 radical (unpaired) electrons. The van der Waals surface area contributed by atoms with Gasteiger partial charge in [0, 0.05) is 0 Å². The predicted molar refractivity (Wildman–Crippen MR) is 64.0 cm³/mol. The first-order valence-corrected chi connectivity index (χ1v) is 6.05. The van der Waals surface area contributed by atoms with Crippen LogP contribution in [-0.2, 0) is 0 Å². The molecule has 4 fully saturated rings. The van der Waals surface area contributed by atoms with Gasteiger partial charge in [-0.25, -0.2) is 0 Å². The third-order valence-electron chi connectivity index (χ3n) is 5.02. The van der Waals surface area contributed by atoms with E-state index in [1.165, 1.54) is 32.1 Å². The van der Waals surface area contributed by atoms with Crippen molar-refractivity contribution in [3.63, 3.8) is 0 Å². The molecule has 2 heteroatoms. The first kappa shape index (κ1) is 11.8. The molecule has 0 aromatic rings. The minimum absolute atomic E-state index is 0. The molecule has 0 aliphatic heterocycles. The summed E-state index contributed by atoms with van der Waals surface area (Å²) in [5.74, 6) is 3.08. The summed E-state index contributed by atoms with van der Waals surface area (Å²) >= 11 is 0. The van der Waals surface area contributed by atoms with Crippen molar-refractivity contribution in [1.29, 1.82) is 0 Å². The van der Waals surface area contributed by atoms with Crippen molar-refractivity contribution in [2.24, 2.45) is 23.7 Å². The van der Waals surface area contributed by atoms with Crippen molar-refractivity contribution in [3.05, 3.63) is 12.7 Å². The molecule has 0 heterocycles. The molecule has 1 nitrogen and oxygen atoms in total. The molecule has 1 N–H and O–H groups in total. The van der Waals surface area contributed by atoms with E-state index in [0.717, 1.165) is 18.3 Å². The summed E-state index contributed by atoms with van der Waals surface area (Å²) in [6.45, 7) is 3.80. The van der Waals surface area contributed by atoms with Crippen molar-refractivity contribution in [2.45, 2.75) is 44.1 Å². The molecule has 0 atom stereocenters. The quantitative estimate of drug-likeness (QED) is 0.534. The first-order valence-electron chi connectivity index (χ1n) is 6.05. The molecule has 15 heavy (non-hydrogen) atoms. The van der Waals surface area contributed by atoms with Gasteiger partial charge in [0.25, 0.3) is 0 Å². The van der Waals surface area contributed by atoms with Crippen LogP contribution in [0.4, 0.5) is 0 Å². The summed E-state index contributed by atoms with van der Waals surface area (Å²) in [5, 5.41) is 10.7. The third-order valence-corrected chi connectivity index (χ3v) is 5.02. The van der Waals surface area contributed by atoms with Gasteiger partial charge in [0.1, 0.15) is 0 Å². The van der Waals surface area contributed by atoms with Crippen LogP contribution < -0.4 is 0 Å². The second kappa shape index (κ2) is 3.95. The predicted octanol–water partition coefficient (Wildman–Crippen LogP) is 2.10. The molecule has 4 aliphatic rings. The average molecular weight is 200 g/mol. The molecule has 0 saturated heterocycles. The van der Waals surface area contributed by atoms with E-state index in [2.05, 4.69) is 6.58 Å². The number of hydrogen-bond acceptors (Lipinski definition) is 1. The molecule has 0 spiro atoms. The van der Waals surface area contributed by atoms with E-state index in [-0.39, 0.29) is 24.5 Å². The maximum atomic E-state index is 10.7. The van der Waals surface area contributed by atoms with Gasteiger partial charge in [-0.2, -0.15) is 0 Å².